The molecule has 0 atom stereocenters. The highest BCUT2D eigenvalue weighted by atomic mass is 19.4. The largest absolute Gasteiger partial charge is 0.545 e. The lowest BCUT2D eigenvalue weighted by Crippen LogP contribution is -2.34. The molecule has 0 aromatic heterocycles. The molecule has 5 nitrogen and oxygen atoms in total. The van der Waals surface area contributed by atoms with Crippen LogP contribution < -0.4 is 5.11 Å². The molecule has 0 bridgehead atoms. The number of rotatable bonds is 6. The molecule has 0 unspecified atom stereocenters. The Bertz CT molecular complexity index is 675. The first kappa shape index (κ1) is 17.8. The smallest absolute Gasteiger partial charge is 0.404 e. The number of halogens is 3. The number of carboxylic acids is 1. The normalized spacial score (nSPS) is 16.4. The molecule has 0 N–H and O–H groups in total. The Balaban J connectivity index is 2.19. The van der Waals surface area contributed by atoms with E-state index in [2.05, 4.69) is 4.74 Å². The molecule has 0 radical (unpaired) electrons. The van der Waals surface area contributed by atoms with Gasteiger partial charge in [-0.1, -0.05) is 24.3 Å². The minimum absolute atomic E-state index is 0.143. The summed E-state index contributed by atoms with van der Waals surface area (Å²) in [6.07, 6.45) is -4.32. The van der Waals surface area contributed by atoms with Crippen molar-refractivity contribution in [1.82, 2.24) is 0 Å². The van der Waals surface area contributed by atoms with Gasteiger partial charge in [-0.3, -0.25) is 4.79 Å². The van der Waals surface area contributed by atoms with Crippen molar-refractivity contribution in [3.63, 3.8) is 0 Å². The van der Waals surface area contributed by atoms with Gasteiger partial charge in [0.25, 0.3) is 0 Å². The maximum absolute atomic E-state index is 12.9. The highest BCUT2D eigenvalue weighted by Crippen LogP contribution is 2.58. The molecule has 2 rings (SSSR count). The second-order valence-electron chi connectivity index (χ2n) is 5.37. The van der Waals surface area contributed by atoms with E-state index in [9.17, 15) is 27.9 Å². The number of carboxylic acid groups (broad SMARTS) is 1. The van der Waals surface area contributed by atoms with Crippen LogP contribution in [0.3, 0.4) is 0 Å². The fraction of sp³-hybridized carbons (Fsp3) is 0.375. The Labute approximate surface area is 135 Å². The van der Waals surface area contributed by atoms with Crippen LogP contribution in [-0.4, -0.2) is 25.2 Å². The number of alkyl halides is 3. The average molecular weight is 343 g/mol. The first-order valence-electron chi connectivity index (χ1n) is 6.99. The molecule has 0 amide bonds. The monoisotopic (exact) mass is 343 g/mol. The van der Waals surface area contributed by atoms with Gasteiger partial charge in [0, 0.05) is 5.57 Å². The molecule has 24 heavy (non-hydrogen) atoms. The zero-order chi connectivity index (χ0) is 18.0. The van der Waals surface area contributed by atoms with Crippen LogP contribution in [0.2, 0.25) is 0 Å². The number of ether oxygens (including phenoxy) is 2. The third-order valence-electron chi connectivity index (χ3n) is 3.81. The second kappa shape index (κ2) is 6.54. The summed E-state index contributed by atoms with van der Waals surface area (Å²) in [4.78, 5) is 22.9. The molecule has 1 aliphatic carbocycles. The molecule has 1 aliphatic rings. The SMILES string of the molecule is COC=C(C(=O)[O-])c1ccccc1COC(=O)C1(C(F)(F)F)CC1. The highest BCUT2D eigenvalue weighted by molar-refractivity contribution is 6.14. The van der Waals surface area contributed by atoms with Crippen molar-refractivity contribution in [1.29, 1.82) is 0 Å². The standard InChI is InChI=1S/C16H15F3O5/c1-23-9-12(13(20)21)11-5-3-2-4-10(11)8-24-14(22)15(6-7-15)16(17,18)19/h2-5,9H,6-8H2,1H3,(H,20,21)/p-1. The van der Waals surface area contributed by atoms with Crippen LogP contribution in [0.1, 0.15) is 24.0 Å². The van der Waals surface area contributed by atoms with Gasteiger partial charge in [0.05, 0.1) is 19.3 Å². The zero-order valence-electron chi connectivity index (χ0n) is 12.7. The molecule has 1 saturated carbocycles. The number of hydrogen-bond acceptors (Lipinski definition) is 5. The predicted octanol–water partition coefficient (Wildman–Crippen LogP) is 1.81. The molecule has 130 valence electrons. The molecule has 1 aromatic carbocycles. The highest BCUT2D eigenvalue weighted by Gasteiger charge is 2.69. The lowest BCUT2D eigenvalue weighted by atomic mass is 10.0. The molecule has 1 fully saturated rings. The van der Waals surface area contributed by atoms with Crippen molar-refractivity contribution in [2.45, 2.75) is 25.6 Å². The summed E-state index contributed by atoms with van der Waals surface area (Å²) in [5, 5.41) is 11.2. The minimum atomic E-state index is -4.66. The third-order valence-corrected chi connectivity index (χ3v) is 3.81. The average Bonchev–Trinajstić information content (AvgIpc) is 3.32. The van der Waals surface area contributed by atoms with Crippen molar-refractivity contribution in [3.05, 3.63) is 41.7 Å². The van der Waals surface area contributed by atoms with Gasteiger partial charge in [0.15, 0.2) is 5.41 Å². The molecule has 0 aliphatic heterocycles. The summed E-state index contributed by atoms with van der Waals surface area (Å²) in [6, 6.07) is 5.94. The van der Waals surface area contributed by atoms with E-state index in [0.29, 0.717) is 0 Å². The summed E-state index contributed by atoms with van der Waals surface area (Å²) >= 11 is 0. The van der Waals surface area contributed by atoms with E-state index in [1.807, 2.05) is 0 Å². The van der Waals surface area contributed by atoms with Crippen LogP contribution in [0.15, 0.2) is 30.5 Å². The van der Waals surface area contributed by atoms with E-state index in [4.69, 9.17) is 4.74 Å². The Hall–Kier alpha value is -2.51. The van der Waals surface area contributed by atoms with Crippen molar-refractivity contribution in [3.8, 4) is 0 Å². The Kier molecular flexibility index (Phi) is 4.86. The van der Waals surface area contributed by atoms with Gasteiger partial charge >= 0.3 is 12.1 Å². The van der Waals surface area contributed by atoms with Crippen LogP contribution in [0.5, 0.6) is 0 Å². The van der Waals surface area contributed by atoms with Crippen molar-refractivity contribution in [2.75, 3.05) is 7.11 Å². The topological polar surface area (TPSA) is 75.7 Å². The van der Waals surface area contributed by atoms with E-state index in [1.165, 1.54) is 25.3 Å². The third kappa shape index (κ3) is 3.37. The van der Waals surface area contributed by atoms with Gasteiger partial charge in [-0.15, -0.1) is 0 Å². The predicted molar refractivity (Wildman–Crippen MR) is 74.0 cm³/mol. The van der Waals surface area contributed by atoms with Gasteiger partial charge in [-0.25, -0.2) is 0 Å². The first-order valence-corrected chi connectivity index (χ1v) is 6.99. The number of carbonyl (C=O) groups is 2. The lowest BCUT2D eigenvalue weighted by molar-refractivity contribution is -0.295. The Morgan fingerprint density at radius 3 is 2.42 bits per heavy atom. The van der Waals surface area contributed by atoms with E-state index >= 15 is 0 Å². The summed E-state index contributed by atoms with van der Waals surface area (Å²) in [5.74, 6) is -2.87. The molecule has 0 heterocycles. The molecule has 1 aromatic rings. The van der Waals surface area contributed by atoms with E-state index in [0.717, 1.165) is 6.26 Å². The van der Waals surface area contributed by atoms with Crippen molar-refractivity contribution in [2.24, 2.45) is 5.41 Å². The van der Waals surface area contributed by atoms with Crippen molar-refractivity contribution < 1.29 is 37.3 Å². The van der Waals surface area contributed by atoms with Gasteiger partial charge in [-0.05, 0) is 24.0 Å². The second-order valence-corrected chi connectivity index (χ2v) is 5.37. The van der Waals surface area contributed by atoms with Crippen molar-refractivity contribution >= 4 is 17.5 Å². The van der Waals surface area contributed by atoms with Gasteiger partial charge in [0.1, 0.15) is 6.61 Å². The number of methoxy groups -OCH3 is 1. The minimum Gasteiger partial charge on any atom is -0.545 e. The Morgan fingerprint density at radius 2 is 1.92 bits per heavy atom. The quantitative estimate of drug-likeness (QED) is 0.447. The van der Waals surface area contributed by atoms with Gasteiger partial charge < -0.3 is 19.4 Å². The summed E-state index contributed by atoms with van der Waals surface area (Å²) in [6.45, 7) is -0.485. The van der Waals surface area contributed by atoms with E-state index in [-0.39, 0.29) is 29.5 Å². The van der Waals surface area contributed by atoms with Crippen LogP contribution in [0, 0.1) is 5.41 Å². The van der Waals surface area contributed by atoms with Crippen LogP contribution >= 0.6 is 0 Å². The number of esters is 1. The zero-order valence-corrected chi connectivity index (χ0v) is 12.7. The first-order chi connectivity index (χ1) is 11.2. The molecular formula is C16H14F3O5-. The summed E-state index contributed by atoms with van der Waals surface area (Å²) in [7, 11) is 1.24. The van der Waals surface area contributed by atoms with E-state index in [1.54, 1.807) is 6.07 Å². The number of carbonyl (C=O) groups excluding carboxylic acids is 2. The number of hydrogen-bond donors (Lipinski definition) is 0. The van der Waals surface area contributed by atoms with Gasteiger partial charge in [0.2, 0.25) is 0 Å². The molecular weight excluding hydrogens is 329 g/mol. The number of benzene rings is 1. The maximum Gasteiger partial charge on any atom is 0.404 e. The van der Waals surface area contributed by atoms with Crippen LogP contribution in [0.4, 0.5) is 13.2 Å². The van der Waals surface area contributed by atoms with Crippen LogP contribution in [0.25, 0.3) is 5.57 Å². The fourth-order valence-electron chi connectivity index (χ4n) is 2.26. The molecule has 0 saturated heterocycles. The fourth-order valence-corrected chi connectivity index (χ4v) is 2.26. The lowest BCUT2D eigenvalue weighted by Gasteiger charge is -2.19. The van der Waals surface area contributed by atoms with E-state index < -0.39 is 30.1 Å². The van der Waals surface area contributed by atoms with Gasteiger partial charge in [-0.2, -0.15) is 13.2 Å². The molecule has 0 spiro atoms. The van der Waals surface area contributed by atoms with Crippen LogP contribution in [-0.2, 0) is 25.7 Å². The maximum atomic E-state index is 12.9. The molecule has 8 heteroatoms. The number of aliphatic carboxylic acids is 1. The summed E-state index contributed by atoms with van der Waals surface area (Å²) in [5.41, 5.74) is -2.36. The Morgan fingerprint density at radius 1 is 1.29 bits per heavy atom. The summed E-state index contributed by atoms with van der Waals surface area (Å²) < 4.78 is 48.1.